The number of aryl methyl sites for hydroxylation is 1. The van der Waals surface area contributed by atoms with Gasteiger partial charge in [0.05, 0.1) is 13.1 Å². The molecule has 1 amide bonds. The minimum absolute atomic E-state index is 0.118. The van der Waals surface area contributed by atoms with Crippen LogP contribution in [0.5, 0.6) is 0 Å². The van der Waals surface area contributed by atoms with E-state index in [4.69, 9.17) is 4.52 Å². The number of carbonyl (C=O) groups is 1. The van der Waals surface area contributed by atoms with Crippen molar-refractivity contribution in [3.05, 3.63) is 24.4 Å². The van der Waals surface area contributed by atoms with E-state index in [1.807, 2.05) is 0 Å². The van der Waals surface area contributed by atoms with E-state index in [2.05, 4.69) is 27.4 Å². The molecule has 2 N–H and O–H groups in total. The summed E-state index contributed by atoms with van der Waals surface area (Å²) in [4.78, 5) is 15.2. The van der Waals surface area contributed by atoms with E-state index in [9.17, 15) is 4.79 Å². The average molecular weight is 210 g/mol. The van der Waals surface area contributed by atoms with Crippen LogP contribution in [0.1, 0.15) is 11.7 Å². The van der Waals surface area contributed by atoms with E-state index in [1.165, 1.54) is 0 Å². The lowest BCUT2D eigenvalue weighted by Crippen LogP contribution is -2.33. The van der Waals surface area contributed by atoms with Crippen LogP contribution in [0.15, 0.2) is 17.2 Å². The van der Waals surface area contributed by atoms with Crippen molar-refractivity contribution in [3.8, 4) is 0 Å². The van der Waals surface area contributed by atoms with Gasteiger partial charge in [0.1, 0.15) is 0 Å². The van der Waals surface area contributed by atoms with Crippen molar-refractivity contribution >= 4 is 5.91 Å². The number of hydrogen-bond acceptors (Lipinski definition) is 5. The monoisotopic (exact) mass is 210 g/mol. The topological polar surface area (TPSA) is 80.0 Å². The lowest BCUT2D eigenvalue weighted by Gasteiger charge is -2.01. The van der Waals surface area contributed by atoms with Crippen molar-refractivity contribution in [2.24, 2.45) is 0 Å². The Morgan fingerprint density at radius 3 is 3.07 bits per heavy atom. The molecule has 1 heterocycles. The van der Waals surface area contributed by atoms with E-state index in [-0.39, 0.29) is 19.0 Å². The average Bonchev–Trinajstić information content (AvgIpc) is 2.62. The molecule has 0 atom stereocenters. The first-order chi connectivity index (χ1) is 7.22. The van der Waals surface area contributed by atoms with Crippen LogP contribution in [0.25, 0.3) is 0 Å². The summed E-state index contributed by atoms with van der Waals surface area (Å²) >= 11 is 0. The van der Waals surface area contributed by atoms with Gasteiger partial charge in [-0.1, -0.05) is 11.2 Å². The number of amides is 1. The molecule has 1 aromatic rings. The fourth-order valence-corrected chi connectivity index (χ4v) is 0.936. The largest absolute Gasteiger partial charge is 0.346 e. The van der Waals surface area contributed by atoms with Crippen molar-refractivity contribution in [2.75, 3.05) is 13.1 Å². The molecule has 0 spiro atoms. The zero-order valence-corrected chi connectivity index (χ0v) is 8.62. The Morgan fingerprint density at radius 2 is 2.47 bits per heavy atom. The molecule has 0 fully saturated rings. The first kappa shape index (κ1) is 11.4. The molecule has 0 aliphatic rings. The van der Waals surface area contributed by atoms with Crippen LogP contribution in [-0.4, -0.2) is 29.1 Å². The van der Waals surface area contributed by atoms with Gasteiger partial charge in [-0.3, -0.25) is 4.79 Å². The zero-order chi connectivity index (χ0) is 11.1. The lowest BCUT2D eigenvalue weighted by atomic mass is 10.5. The second kappa shape index (κ2) is 5.92. The van der Waals surface area contributed by atoms with Crippen LogP contribution in [0, 0.1) is 6.92 Å². The van der Waals surface area contributed by atoms with Crippen molar-refractivity contribution in [3.63, 3.8) is 0 Å². The third-order valence-electron chi connectivity index (χ3n) is 1.58. The van der Waals surface area contributed by atoms with Gasteiger partial charge in [0.25, 0.3) is 0 Å². The Balaban J connectivity index is 2.19. The van der Waals surface area contributed by atoms with Gasteiger partial charge in [0, 0.05) is 6.54 Å². The smallest absolute Gasteiger partial charge is 0.246 e. The summed E-state index contributed by atoms with van der Waals surface area (Å²) in [6.07, 6.45) is 1.69. The van der Waals surface area contributed by atoms with E-state index in [0.717, 1.165) is 0 Å². The van der Waals surface area contributed by atoms with Crippen LogP contribution in [0.3, 0.4) is 0 Å². The number of aromatic nitrogens is 2. The molecule has 0 bridgehead atoms. The zero-order valence-electron chi connectivity index (χ0n) is 8.62. The Hall–Kier alpha value is -1.69. The van der Waals surface area contributed by atoms with Crippen LogP contribution < -0.4 is 10.6 Å². The summed E-state index contributed by atoms with van der Waals surface area (Å²) in [6, 6.07) is 0. The predicted octanol–water partition coefficient (Wildman–Crippen LogP) is -0.230. The molecular formula is C9H14N4O2. The Labute approximate surface area is 87.7 Å². The van der Waals surface area contributed by atoms with Crippen LogP contribution >= 0.6 is 0 Å². The van der Waals surface area contributed by atoms with Gasteiger partial charge in [-0.05, 0) is 6.92 Å². The lowest BCUT2D eigenvalue weighted by molar-refractivity contribution is -0.120. The fourth-order valence-electron chi connectivity index (χ4n) is 0.936. The predicted molar refractivity (Wildman–Crippen MR) is 53.9 cm³/mol. The third kappa shape index (κ3) is 4.37. The summed E-state index contributed by atoms with van der Waals surface area (Å²) in [5, 5.41) is 9.12. The van der Waals surface area contributed by atoms with E-state index in [0.29, 0.717) is 18.3 Å². The highest BCUT2D eigenvalue weighted by atomic mass is 16.5. The molecular weight excluding hydrogens is 196 g/mol. The third-order valence-corrected chi connectivity index (χ3v) is 1.58. The number of nitrogens with zero attached hydrogens (tertiary/aromatic N) is 2. The number of carbonyl (C=O) groups excluding carboxylic acids is 1. The first-order valence-corrected chi connectivity index (χ1v) is 4.60. The Morgan fingerprint density at radius 1 is 1.67 bits per heavy atom. The Bertz CT molecular complexity index is 335. The van der Waals surface area contributed by atoms with E-state index >= 15 is 0 Å². The molecule has 0 radical (unpaired) electrons. The van der Waals surface area contributed by atoms with E-state index < -0.39 is 0 Å². The summed E-state index contributed by atoms with van der Waals surface area (Å²) in [5.41, 5.74) is 0. The molecule has 15 heavy (non-hydrogen) atoms. The van der Waals surface area contributed by atoms with Gasteiger partial charge in [-0.15, -0.1) is 6.58 Å². The molecule has 0 unspecified atom stereocenters. The maximum Gasteiger partial charge on any atom is 0.246 e. The molecule has 0 saturated carbocycles. The summed E-state index contributed by atoms with van der Waals surface area (Å²) < 4.78 is 4.83. The molecule has 82 valence electrons. The van der Waals surface area contributed by atoms with Crippen LogP contribution in [-0.2, 0) is 11.3 Å². The van der Waals surface area contributed by atoms with Crippen molar-refractivity contribution in [1.29, 1.82) is 0 Å². The normalized spacial score (nSPS) is 9.93. The maximum absolute atomic E-state index is 11.2. The van der Waals surface area contributed by atoms with Gasteiger partial charge in [0.2, 0.25) is 11.8 Å². The standard InChI is InChI=1S/C9H14N4O2/c1-3-4-10-5-8(14)11-6-9-12-7(2)13-15-9/h3,10H,1,4-6H2,2H3,(H,11,14). The summed E-state index contributed by atoms with van der Waals surface area (Å²) in [6.45, 7) is 6.36. The molecule has 1 rings (SSSR count). The molecule has 0 aromatic carbocycles. The second-order valence-electron chi connectivity index (χ2n) is 2.93. The number of rotatable bonds is 6. The number of hydrogen-bond donors (Lipinski definition) is 2. The highest BCUT2D eigenvalue weighted by Gasteiger charge is 2.04. The van der Waals surface area contributed by atoms with Gasteiger partial charge >= 0.3 is 0 Å². The van der Waals surface area contributed by atoms with Gasteiger partial charge in [-0.25, -0.2) is 0 Å². The van der Waals surface area contributed by atoms with Gasteiger partial charge in [-0.2, -0.15) is 4.98 Å². The molecule has 0 aliphatic carbocycles. The minimum Gasteiger partial charge on any atom is -0.346 e. The minimum atomic E-state index is -0.118. The first-order valence-electron chi connectivity index (χ1n) is 4.60. The highest BCUT2D eigenvalue weighted by Crippen LogP contribution is 1.93. The molecule has 0 aliphatic heterocycles. The highest BCUT2D eigenvalue weighted by molar-refractivity contribution is 5.77. The van der Waals surface area contributed by atoms with Gasteiger partial charge in [0.15, 0.2) is 5.82 Å². The van der Waals surface area contributed by atoms with Crippen LogP contribution in [0.2, 0.25) is 0 Å². The van der Waals surface area contributed by atoms with Crippen molar-refractivity contribution in [1.82, 2.24) is 20.8 Å². The van der Waals surface area contributed by atoms with E-state index in [1.54, 1.807) is 13.0 Å². The second-order valence-corrected chi connectivity index (χ2v) is 2.93. The quantitative estimate of drug-likeness (QED) is 0.501. The molecule has 6 heteroatoms. The van der Waals surface area contributed by atoms with Crippen molar-refractivity contribution < 1.29 is 9.32 Å². The molecule has 1 aromatic heterocycles. The molecule has 6 nitrogen and oxygen atoms in total. The van der Waals surface area contributed by atoms with Gasteiger partial charge < -0.3 is 15.2 Å². The SMILES string of the molecule is C=CCNCC(=O)NCc1nc(C)no1. The van der Waals surface area contributed by atoms with Crippen LogP contribution in [0.4, 0.5) is 0 Å². The van der Waals surface area contributed by atoms with Crippen molar-refractivity contribution in [2.45, 2.75) is 13.5 Å². The molecule has 0 saturated heterocycles. The summed E-state index contributed by atoms with van der Waals surface area (Å²) in [7, 11) is 0. The fraction of sp³-hybridized carbons (Fsp3) is 0.444. The maximum atomic E-state index is 11.2. The Kier molecular flexibility index (Phi) is 4.49. The number of nitrogens with one attached hydrogen (secondary N) is 2. The summed E-state index contributed by atoms with van der Waals surface area (Å²) in [5.74, 6) is 0.848.